The molecule has 0 aliphatic rings. The van der Waals surface area contributed by atoms with Gasteiger partial charge in [-0.3, -0.25) is 4.79 Å². The maximum absolute atomic E-state index is 13.6. The highest BCUT2D eigenvalue weighted by Gasteiger charge is 2.22. The van der Waals surface area contributed by atoms with E-state index in [1.165, 1.54) is 4.90 Å². The fourth-order valence-electron chi connectivity index (χ4n) is 1.96. The van der Waals surface area contributed by atoms with Crippen molar-refractivity contribution in [2.45, 2.75) is 33.2 Å². The van der Waals surface area contributed by atoms with E-state index in [1.807, 2.05) is 20.8 Å². The summed E-state index contributed by atoms with van der Waals surface area (Å²) in [7, 11) is 1.61. The van der Waals surface area contributed by atoms with Crippen LogP contribution in [0.5, 0.6) is 0 Å². The molecule has 0 fully saturated rings. The molecule has 0 aliphatic carbocycles. The van der Waals surface area contributed by atoms with E-state index >= 15 is 0 Å². The summed E-state index contributed by atoms with van der Waals surface area (Å²) in [4.78, 5) is 13.6. The van der Waals surface area contributed by atoms with Crippen molar-refractivity contribution in [3.05, 3.63) is 29.3 Å². The molecule has 1 amide bonds. The Hall–Kier alpha value is -1.65. The Morgan fingerprint density at radius 3 is 2.37 bits per heavy atom. The van der Waals surface area contributed by atoms with E-state index in [2.05, 4.69) is 0 Å². The summed E-state index contributed by atoms with van der Waals surface area (Å²) in [5.41, 5.74) is 4.95. The van der Waals surface area contributed by atoms with E-state index in [1.54, 1.807) is 7.05 Å². The van der Waals surface area contributed by atoms with Gasteiger partial charge >= 0.3 is 0 Å². The van der Waals surface area contributed by atoms with Crippen LogP contribution in [0.4, 0.5) is 14.5 Å². The molecule has 5 heteroatoms. The second-order valence-corrected chi connectivity index (χ2v) is 5.25. The summed E-state index contributed by atoms with van der Waals surface area (Å²) < 4.78 is 26.7. The molecule has 0 heterocycles. The lowest BCUT2D eigenvalue weighted by Gasteiger charge is -2.26. The van der Waals surface area contributed by atoms with Gasteiger partial charge in [-0.2, -0.15) is 0 Å². The number of benzene rings is 1. The van der Waals surface area contributed by atoms with Crippen LogP contribution in [0.3, 0.4) is 0 Å². The number of nitrogen functional groups attached to an aromatic ring is 1. The van der Waals surface area contributed by atoms with Gasteiger partial charge < -0.3 is 10.6 Å². The first-order valence-corrected chi connectivity index (χ1v) is 6.25. The van der Waals surface area contributed by atoms with Crippen LogP contribution in [0.15, 0.2) is 12.1 Å². The molecule has 0 aromatic heterocycles. The minimum Gasteiger partial charge on any atom is -0.396 e. The van der Waals surface area contributed by atoms with E-state index in [9.17, 15) is 13.6 Å². The second kappa shape index (κ2) is 5.99. The number of rotatable bonds is 4. The molecule has 1 aromatic rings. The molecule has 0 saturated carbocycles. The number of anilines is 1. The standard InChI is InChI=1S/C14H20F2N2O/c1-8(2)5-9(3)18(4)14(19)10-6-13(17)12(16)7-11(10)15/h6-9H,5,17H2,1-4H3. The fraction of sp³-hybridized carbons (Fsp3) is 0.500. The maximum Gasteiger partial charge on any atom is 0.256 e. The number of nitrogens with two attached hydrogens (primary N) is 1. The highest BCUT2D eigenvalue weighted by atomic mass is 19.1. The third-order valence-corrected chi connectivity index (χ3v) is 3.11. The Morgan fingerprint density at radius 1 is 1.26 bits per heavy atom. The molecular weight excluding hydrogens is 250 g/mol. The first-order chi connectivity index (χ1) is 8.73. The zero-order chi connectivity index (χ0) is 14.7. The van der Waals surface area contributed by atoms with Crippen LogP contribution in [-0.2, 0) is 0 Å². The van der Waals surface area contributed by atoms with Gasteiger partial charge in [0.1, 0.15) is 11.6 Å². The molecule has 0 aliphatic heterocycles. The Labute approximate surface area is 112 Å². The normalized spacial score (nSPS) is 12.6. The van der Waals surface area contributed by atoms with Gasteiger partial charge in [-0.1, -0.05) is 13.8 Å². The van der Waals surface area contributed by atoms with Crippen molar-refractivity contribution in [2.75, 3.05) is 12.8 Å². The van der Waals surface area contributed by atoms with Crippen LogP contribution in [0.1, 0.15) is 37.6 Å². The van der Waals surface area contributed by atoms with Crippen molar-refractivity contribution in [3.8, 4) is 0 Å². The van der Waals surface area contributed by atoms with Gasteiger partial charge in [0.05, 0.1) is 11.3 Å². The summed E-state index contributed by atoms with van der Waals surface area (Å²) in [6.07, 6.45) is 0.806. The number of amides is 1. The van der Waals surface area contributed by atoms with Crippen molar-refractivity contribution < 1.29 is 13.6 Å². The largest absolute Gasteiger partial charge is 0.396 e. The first kappa shape index (κ1) is 15.4. The van der Waals surface area contributed by atoms with Crippen molar-refractivity contribution in [1.29, 1.82) is 0 Å². The lowest BCUT2D eigenvalue weighted by Crippen LogP contribution is -2.36. The van der Waals surface area contributed by atoms with Gasteiger partial charge in [0.25, 0.3) is 5.91 Å². The Kier molecular flexibility index (Phi) is 4.86. The molecule has 2 N–H and O–H groups in total. The molecule has 1 unspecified atom stereocenters. The molecule has 0 radical (unpaired) electrons. The third kappa shape index (κ3) is 3.66. The number of hydrogen-bond donors (Lipinski definition) is 1. The highest BCUT2D eigenvalue weighted by molar-refractivity contribution is 5.95. The number of carbonyl (C=O) groups is 1. The SMILES string of the molecule is CC(C)CC(C)N(C)C(=O)c1cc(N)c(F)cc1F. The first-order valence-electron chi connectivity index (χ1n) is 6.25. The van der Waals surface area contributed by atoms with Crippen LogP contribution in [-0.4, -0.2) is 23.9 Å². The predicted molar refractivity (Wildman–Crippen MR) is 71.8 cm³/mol. The van der Waals surface area contributed by atoms with Crippen molar-refractivity contribution in [1.82, 2.24) is 4.90 Å². The Bertz CT molecular complexity index is 475. The van der Waals surface area contributed by atoms with Gasteiger partial charge in [0.2, 0.25) is 0 Å². The molecule has 0 spiro atoms. The van der Waals surface area contributed by atoms with Crippen molar-refractivity contribution in [2.24, 2.45) is 5.92 Å². The molecule has 1 aromatic carbocycles. The molecule has 0 bridgehead atoms. The average molecular weight is 270 g/mol. The Morgan fingerprint density at radius 2 is 1.84 bits per heavy atom. The average Bonchev–Trinajstić information content (AvgIpc) is 2.31. The summed E-state index contributed by atoms with van der Waals surface area (Å²) in [5.74, 6) is -1.81. The van der Waals surface area contributed by atoms with Gasteiger partial charge in [-0.05, 0) is 25.3 Å². The Balaban J connectivity index is 2.97. The molecule has 3 nitrogen and oxygen atoms in total. The topological polar surface area (TPSA) is 46.3 Å². The van der Waals surface area contributed by atoms with Gasteiger partial charge in [0.15, 0.2) is 0 Å². The number of carbonyl (C=O) groups excluding carboxylic acids is 1. The van der Waals surface area contributed by atoms with Crippen LogP contribution < -0.4 is 5.73 Å². The van der Waals surface area contributed by atoms with Crippen LogP contribution in [0.2, 0.25) is 0 Å². The minimum atomic E-state index is -0.889. The summed E-state index contributed by atoms with van der Waals surface area (Å²) in [5, 5.41) is 0. The highest BCUT2D eigenvalue weighted by Crippen LogP contribution is 2.20. The van der Waals surface area contributed by atoms with Crippen LogP contribution in [0.25, 0.3) is 0 Å². The zero-order valence-corrected chi connectivity index (χ0v) is 11.7. The van der Waals surface area contributed by atoms with Crippen LogP contribution >= 0.6 is 0 Å². The molecule has 106 valence electrons. The van der Waals surface area contributed by atoms with Crippen molar-refractivity contribution >= 4 is 11.6 Å². The maximum atomic E-state index is 13.6. The van der Waals surface area contributed by atoms with Gasteiger partial charge in [0, 0.05) is 19.2 Å². The molecule has 19 heavy (non-hydrogen) atoms. The third-order valence-electron chi connectivity index (χ3n) is 3.11. The lowest BCUT2D eigenvalue weighted by atomic mass is 10.0. The zero-order valence-electron chi connectivity index (χ0n) is 11.7. The molecular formula is C14H20F2N2O. The van der Waals surface area contributed by atoms with E-state index in [0.717, 1.165) is 12.5 Å². The molecule has 1 atom stereocenters. The summed E-state index contributed by atoms with van der Waals surface area (Å²) >= 11 is 0. The summed E-state index contributed by atoms with van der Waals surface area (Å²) in [6.45, 7) is 5.99. The van der Waals surface area contributed by atoms with Gasteiger partial charge in [-0.25, -0.2) is 8.78 Å². The number of hydrogen-bond acceptors (Lipinski definition) is 2. The van der Waals surface area contributed by atoms with Gasteiger partial charge in [-0.15, -0.1) is 0 Å². The van der Waals surface area contributed by atoms with E-state index in [-0.39, 0.29) is 17.3 Å². The van der Waals surface area contributed by atoms with Crippen LogP contribution in [0, 0.1) is 17.6 Å². The summed E-state index contributed by atoms with van der Waals surface area (Å²) in [6, 6.07) is 1.66. The van der Waals surface area contributed by atoms with E-state index < -0.39 is 17.5 Å². The van der Waals surface area contributed by atoms with Crippen molar-refractivity contribution in [3.63, 3.8) is 0 Å². The molecule has 0 saturated heterocycles. The fourth-order valence-corrected chi connectivity index (χ4v) is 1.96. The number of nitrogens with zero attached hydrogens (tertiary/aromatic N) is 1. The second-order valence-electron chi connectivity index (χ2n) is 5.25. The monoisotopic (exact) mass is 270 g/mol. The van der Waals surface area contributed by atoms with E-state index in [4.69, 9.17) is 5.73 Å². The smallest absolute Gasteiger partial charge is 0.256 e. The lowest BCUT2D eigenvalue weighted by molar-refractivity contribution is 0.0723. The number of halogens is 2. The van der Waals surface area contributed by atoms with E-state index in [0.29, 0.717) is 12.0 Å². The minimum absolute atomic E-state index is 0.0295. The molecule has 1 rings (SSSR count). The predicted octanol–water partition coefficient (Wildman–Crippen LogP) is 3.05. The quantitative estimate of drug-likeness (QED) is 0.855.